The van der Waals surface area contributed by atoms with Crippen molar-refractivity contribution < 1.29 is 28.6 Å². The van der Waals surface area contributed by atoms with Gasteiger partial charge >= 0.3 is 17.9 Å². The molecule has 0 saturated carbocycles. The van der Waals surface area contributed by atoms with Crippen molar-refractivity contribution in [3.63, 3.8) is 0 Å². The van der Waals surface area contributed by atoms with E-state index in [-0.39, 0.29) is 25.5 Å². The topological polar surface area (TPSA) is 82.1 Å². The Morgan fingerprint density at radius 3 is 1.12 bits per heavy atom. The van der Waals surface area contributed by atoms with Crippen molar-refractivity contribution >= 4 is 17.9 Å². The molecule has 0 bridgehead atoms. The Kier molecular flexibility index (Phi) is 35.0. The molecule has 1 unspecified atom stereocenters. The molecule has 0 spiro atoms. The lowest BCUT2D eigenvalue weighted by Gasteiger charge is -2.21. The second kappa shape index (κ2) is 36.2. The maximum Gasteiger partial charge on any atom is 0.348 e. The van der Waals surface area contributed by atoms with Crippen LogP contribution in [0.1, 0.15) is 213 Å². The van der Waals surface area contributed by atoms with Crippen molar-refractivity contribution in [3.8, 4) is 0 Å². The van der Waals surface area contributed by atoms with Crippen molar-refractivity contribution in [1.29, 1.82) is 0 Å². The summed E-state index contributed by atoms with van der Waals surface area (Å²) >= 11 is 0. The van der Waals surface area contributed by atoms with Crippen LogP contribution in [0.4, 0.5) is 0 Å². The average molecular weight is 696 g/mol. The maximum atomic E-state index is 12.9. The van der Waals surface area contributed by atoms with Gasteiger partial charge in [-0.05, 0) is 33.9 Å². The molecule has 7 heteroatoms. The van der Waals surface area contributed by atoms with Crippen LogP contribution in [-0.4, -0.2) is 62.3 Å². The van der Waals surface area contributed by atoms with Gasteiger partial charge < -0.3 is 19.1 Å². The minimum atomic E-state index is -1.27. The molecule has 0 aromatic carbocycles. The number of unbranched alkanes of at least 4 members (excludes halogenated alkanes) is 26. The van der Waals surface area contributed by atoms with Gasteiger partial charge in [0, 0.05) is 6.04 Å². The highest BCUT2D eigenvalue weighted by Gasteiger charge is 2.29. The molecule has 0 aliphatic rings. The molecule has 7 nitrogen and oxygen atoms in total. The average Bonchev–Trinajstić information content (AvgIpc) is 3.07. The zero-order valence-corrected chi connectivity index (χ0v) is 33.2. The predicted octanol–water partition coefficient (Wildman–Crippen LogP) is 11.7. The van der Waals surface area contributed by atoms with Gasteiger partial charge in [-0.2, -0.15) is 0 Å². The Hall–Kier alpha value is -1.63. The molecule has 2 atom stereocenters. The van der Waals surface area contributed by atoms with E-state index < -0.39 is 24.0 Å². The van der Waals surface area contributed by atoms with Crippen LogP contribution < -0.4 is 0 Å². The number of hydrogen-bond donors (Lipinski definition) is 0. The zero-order chi connectivity index (χ0) is 36.2. The number of carbonyl (C=O) groups is 3. The first-order chi connectivity index (χ1) is 23.8. The van der Waals surface area contributed by atoms with Crippen molar-refractivity contribution in [2.45, 2.75) is 226 Å². The normalized spacial score (nSPS) is 12.6. The summed E-state index contributed by atoms with van der Waals surface area (Å²) in [5, 5.41) is 0. The van der Waals surface area contributed by atoms with E-state index >= 15 is 0 Å². The van der Waals surface area contributed by atoms with Gasteiger partial charge in [-0.15, -0.1) is 0 Å². The fourth-order valence-corrected chi connectivity index (χ4v) is 6.06. The van der Waals surface area contributed by atoms with Crippen LogP contribution in [0.3, 0.4) is 0 Å². The third kappa shape index (κ3) is 33.3. The Morgan fingerprint density at radius 1 is 0.449 bits per heavy atom. The summed E-state index contributed by atoms with van der Waals surface area (Å²) < 4.78 is 16.3. The Labute approximate surface area is 303 Å². The molecule has 0 aliphatic heterocycles. The predicted molar refractivity (Wildman–Crippen MR) is 205 cm³/mol. The Balaban J connectivity index is 4.17. The first-order valence-electron chi connectivity index (χ1n) is 21.0. The van der Waals surface area contributed by atoms with Crippen LogP contribution in [0, 0.1) is 0 Å². The lowest BCUT2D eigenvalue weighted by atomic mass is 10.0. The van der Waals surface area contributed by atoms with Crippen LogP contribution >= 0.6 is 0 Å². The molecular formula is C42H81NO6. The van der Waals surface area contributed by atoms with Gasteiger partial charge in [0.2, 0.25) is 6.10 Å². The van der Waals surface area contributed by atoms with E-state index in [4.69, 9.17) is 14.2 Å². The van der Waals surface area contributed by atoms with E-state index in [9.17, 15) is 14.4 Å². The molecular weight excluding hydrogens is 614 g/mol. The lowest BCUT2D eigenvalue weighted by molar-refractivity contribution is -0.172. The third-order valence-electron chi connectivity index (χ3n) is 9.74. The number of esters is 3. The monoisotopic (exact) mass is 696 g/mol. The molecule has 0 rings (SSSR count). The standard InChI is InChI=1S/C42H81NO6/c1-6-8-10-12-14-16-18-20-22-24-26-28-30-32-34-47-40(44)37-39(49-41(45)36-38(3)43(4)5)42(46)48-35-33-31-29-27-25-23-21-19-17-15-13-11-9-7-2/h38-39H,6-37H2,1-5H3/t38?,39-/m0/s1. The Morgan fingerprint density at radius 2 is 0.776 bits per heavy atom. The molecule has 0 saturated heterocycles. The van der Waals surface area contributed by atoms with Gasteiger partial charge in [-0.3, -0.25) is 9.59 Å². The van der Waals surface area contributed by atoms with E-state index in [1.54, 1.807) is 0 Å². The molecule has 0 aliphatic carbocycles. The van der Waals surface area contributed by atoms with Crippen LogP contribution in [0.5, 0.6) is 0 Å². The van der Waals surface area contributed by atoms with Gasteiger partial charge in [-0.1, -0.05) is 181 Å². The summed E-state index contributed by atoms with van der Waals surface area (Å²) in [4.78, 5) is 39.9. The largest absolute Gasteiger partial charge is 0.466 e. The van der Waals surface area contributed by atoms with E-state index in [0.717, 1.165) is 38.5 Å². The minimum absolute atomic E-state index is 0.0491. The van der Waals surface area contributed by atoms with Crippen molar-refractivity contribution in [2.75, 3.05) is 27.3 Å². The first-order valence-corrected chi connectivity index (χ1v) is 21.0. The number of hydrogen-bond acceptors (Lipinski definition) is 7. The highest BCUT2D eigenvalue weighted by molar-refractivity contribution is 5.84. The van der Waals surface area contributed by atoms with Crippen molar-refractivity contribution in [2.24, 2.45) is 0 Å². The van der Waals surface area contributed by atoms with E-state index in [1.165, 1.54) is 141 Å². The summed E-state index contributed by atoms with van der Waals surface area (Å²) in [6, 6.07) is -0.0491. The second-order valence-electron chi connectivity index (χ2n) is 14.8. The van der Waals surface area contributed by atoms with Crippen molar-refractivity contribution in [3.05, 3.63) is 0 Å². The molecule has 0 amide bonds. The van der Waals surface area contributed by atoms with Gasteiger partial charge in [0.15, 0.2) is 0 Å². The second-order valence-corrected chi connectivity index (χ2v) is 14.8. The first kappa shape index (κ1) is 47.4. The van der Waals surface area contributed by atoms with Crippen LogP contribution in [0.25, 0.3) is 0 Å². The summed E-state index contributed by atoms with van der Waals surface area (Å²) in [5.41, 5.74) is 0. The van der Waals surface area contributed by atoms with Gasteiger partial charge in [0.1, 0.15) is 0 Å². The highest BCUT2D eigenvalue weighted by atomic mass is 16.6. The van der Waals surface area contributed by atoms with Gasteiger partial charge in [0.05, 0.1) is 26.1 Å². The van der Waals surface area contributed by atoms with E-state index in [0.29, 0.717) is 6.61 Å². The molecule has 0 heterocycles. The molecule has 0 aromatic rings. The molecule has 0 fully saturated rings. The SMILES string of the molecule is CCCCCCCCCCCCCCCCOC(=O)C[C@H](OC(=O)CC(C)N(C)C)C(=O)OCCCCCCCCCCCCCCCC. The number of nitrogens with zero attached hydrogens (tertiary/aromatic N) is 1. The highest BCUT2D eigenvalue weighted by Crippen LogP contribution is 2.15. The third-order valence-corrected chi connectivity index (χ3v) is 9.74. The minimum Gasteiger partial charge on any atom is -0.466 e. The van der Waals surface area contributed by atoms with Crippen molar-refractivity contribution in [1.82, 2.24) is 4.90 Å². The summed E-state index contributed by atoms with van der Waals surface area (Å²) in [6.45, 7) is 7.03. The van der Waals surface area contributed by atoms with Gasteiger partial charge in [0.25, 0.3) is 0 Å². The molecule has 290 valence electrons. The van der Waals surface area contributed by atoms with E-state index in [1.807, 2.05) is 25.9 Å². The summed E-state index contributed by atoms with van der Waals surface area (Å²) in [7, 11) is 3.77. The molecule has 0 aromatic heterocycles. The fraction of sp³-hybridized carbons (Fsp3) is 0.929. The van der Waals surface area contributed by atoms with Crippen LogP contribution in [0.2, 0.25) is 0 Å². The number of ether oxygens (including phenoxy) is 3. The quantitative estimate of drug-likeness (QED) is 0.0363. The fourth-order valence-electron chi connectivity index (χ4n) is 6.06. The smallest absolute Gasteiger partial charge is 0.348 e. The molecule has 0 N–H and O–H groups in total. The van der Waals surface area contributed by atoms with Crippen LogP contribution in [0.15, 0.2) is 0 Å². The number of rotatable bonds is 37. The maximum absolute atomic E-state index is 12.9. The van der Waals surface area contributed by atoms with Gasteiger partial charge in [-0.25, -0.2) is 4.79 Å². The summed E-state index contributed by atoms with van der Waals surface area (Å²) in [6.07, 6.45) is 33.8. The summed E-state index contributed by atoms with van der Waals surface area (Å²) in [5.74, 6) is -1.70. The Bertz CT molecular complexity index is 757. The lowest BCUT2D eigenvalue weighted by Crippen LogP contribution is -2.35. The van der Waals surface area contributed by atoms with Crippen LogP contribution in [-0.2, 0) is 28.6 Å². The molecule has 49 heavy (non-hydrogen) atoms. The molecule has 0 radical (unpaired) electrons. The van der Waals surface area contributed by atoms with E-state index in [2.05, 4.69) is 13.8 Å². The zero-order valence-electron chi connectivity index (χ0n) is 33.2. The number of carbonyl (C=O) groups excluding carboxylic acids is 3.